The van der Waals surface area contributed by atoms with Crippen molar-refractivity contribution in [2.45, 2.75) is 46.1 Å². The molecule has 100 valence electrons. The SMILES string of the molecule is CC(C)(C)C1CCN(CCC(N)C(N)=O)CC1. The molecule has 0 aromatic carbocycles. The number of likely N-dealkylation sites (tertiary alicyclic amines) is 1. The Morgan fingerprint density at radius 2 is 1.88 bits per heavy atom. The summed E-state index contributed by atoms with van der Waals surface area (Å²) >= 11 is 0. The van der Waals surface area contributed by atoms with E-state index in [4.69, 9.17) is 11.5 Å². The number of rotatable bonds is 4. The fourth-order valence-electron chi connectivity index (χ4n) is 2.49. The van der Waals surface area contributed by atoms with E-state index in [2.05, 4.69) is 25.7 Å². The maximum Gasteiger partial charge on any atom is 0.234 e. The molecule has 1 fully saturated rings. The number of nitrogens with two attached hydrogens (primary N) is 2. The monoisotopic (exact) mass is 241 g/mol. The van der Waals surface area contributed by atoms with Crippen molar-refractivity contribution in [3.63, 3.8) is 0 Å². The van der Waals surface area contributed by atoms with Crippen molar-refractivity contribution in [3.8, 4) is 0 Å². The lowest BCUT2D eigenvalue weighted by molar-refractivity contribution is -0.119. The van der Waals surface area contributed by atoms with Gasteiger partial charge in [0.15, 0.2) is 0 Å². The van der Waals surface area contributed by atoms with E-state index in [1.54, 1.807) is 0 Å². The van der Waals surface area contributed by atoms with Gasteiger partial charge in [-0.15, -0.1) is 0 Å². The van der Waals surface area contributed by atoms with Gasteiger partial charge in [-0.3, -0.25) is 4.79 Å². The Labute approximate surface area is 105 Å². The fourth-order valence-corrected chi connectivity index (χ4v) is 2.49. The van der Waals surface area contributed by atoms with E-state index in [0.717, 1.165) is 25.6 Å². The van der Waals surface area contributed by atoms with Gasteiger partial charge < -0.3 is 16.4 Å². The van der Waals surface area contributed by atoms with Gasteiger partial charge in [-0.25, -0.2) is 0 Å². The molecule has 0 aromatic heterocycles. The second-order valence-corrected chi connectivity index (χ2v) is 6.28. The molecule has 1 heterocycles. The van der Waals surface area contributed by atoms with E-state index in [-0.39, 0.29) is 0 Å². The summed E-state index contributed by atoms with van der Waals surface area (Å²) in [5.41, 5.74) is 11.2. The second-order valence-electron chi connectivity index (χ2n) is 6.28. The molecule has 1 saturated heterocycles. The summed E-state index contributed by atoms with van der Waals surface area (Å²) in [5.74, 6) is 0.415. The molecule has 1 amide bonds. The molecule has 0 bridgehead atoms. The van der Waals surface area contributed by atoms with Crippen molar-refractivity contribution in [2.75, 3.05) is 19.6 Å². The minimum atomic E-state index is -0.490. The largest absolute Gasteiger partial charge is 0.368 e. The average molecular weight is 241 g/mol. The van der Waals surface area contributed by atoms with Crippen LogP contribution in [0.1, 0.15) is 40.0 Å². The molecule has 0 aliphatic carbocycles. The summed E-state index contributed by atoms with van der Waals surface area (Å²) in [5, 5.41) is 0. The molecule has 1 aliphatic rings. The zero-order chi connectivity index (χ0) is 13.1. The predicted molar refractivity (Wildman–Crippen MR) is 70.4 cm³/mol. The number of amides is 1. The summed E-state index contributed by atoms with van der Waals surface area (Å²) < 4.78 is 0. The van der Waals surface area contributed by atoms with Crippen LogP contribution >= 0.6 is 0 Å². The molecule has 0 radical (unpaired) electrons. The summed E-state index contributed by atoms with van der Waals surface area (Å²) in [6.45, 7) is 10.1. The molecule has 1 unspecified atom stereocenters. The van der Waals surface area contributed by atoms with E-state index in [1.807, 2.05) is 0 Å². The normalized spacial score (nSPS) is 21.4. The van der Waals surface area contributed by atoms with Crippen LogP contribution in [0.25, 0.3) is 0 Å². The molecular formula is C13H27N3O. The Morgan fingerprint density at radius 3 is 2.29 bits per heavy atom. The standard InChI is InChI=1S/C13H27N3O/c1-13(2,3)10-4-7-16(8-5-10)9-6-11(14)12(15)17/h10-11H,4-9,14H2,1-3H3,(H2,15,17). The highest BCUT2D eigenvalue weighted by Gasteiger charge is 2.28. The summed E-state index contributed by atoms with van der Waals surface area (Å²) in [6.07, 6.45) is 3.17. The van der Waals surface area contributed by atoms with Crippen molar-refractivity contribution in [2.24, 2.45) is 22.8 Å². The Kier molecular flexibility index (Phi) is 4.95. The molecule has 0 spiro atoms. The molecule has 17 heavy (non-hydrogen) atoms. The smallest absolute Gasteiger partial charge is 0.234 e. The average Bonchev–Trinajstić information content (AvgIpc) is 2.25. The van der Waals surface area contributed by atoms with Gasteiger partial charge in [0.25, 0.3) is 0 Å². The number of nitrogens with zero attached hydrogens (tertiary/aromatic N) is 1. The van der Waals surface area contributed by atoms with E-state index < -0.39 is 11.9 Å². The number of hydrogen-bond donors (Lipinski definition) is 2. The van der Waals surface area contributed by atoms with Crippen LogP contribution in [0, 0.1) is 11.3 Å². The zero-order valence-electron chi connectivity index (χ0n) is 11.4. The number of hydrogen-bond acceptors (Lipinski definition) is 3. The van der Waals surface area contributed by atoms with Crippen LogP contribution in [-0.4, -0.2) is 36.5 Å². The van der Waals surface area contributed by atoms with Gasteiger partial charge in [-0.2, -0.15) is 0 Å². The Bertz CT molecular complexity index is 252. The van der Waals surface area contributed by atoms with Gasteiger partial charge in [-0.05, 0) is 43.7 Å². The first kappa shape index (κ1) is 14.5. The van der Waals surface area contributed by atoms with Crippen LogP contribution in [0.5, 0.6) is 0 Å². The van der Waals surface area contributed by atoms with Crippen LogP contribution < -0.4 is 11.5 Å². The lowest BCUT2D eigenvalue weighted by Crippen LogP contribution is -2.42. The van der Waals surface area contributed by atoms with Gasteiger partial charge in [0.1, 0.15) is 0 Å². The topological polar surface area (TPSA) is 72.3 Å². The number of primary amides is 1. The van der Waals surface area contributed by atoms with Gasteiger partial charge in [0, 0.05) is 6.54 Å². The molecule has 1 aliphatic heterocycles. The van der Waals surface area contributed by atoms with Crippen molar-refractivity contribution in [1.29, 1.82) is 0 Å². The van der Waals surface area contributed by atoms with Crippen molar-refractivity contribution in [1.82, 2.24) is 4.90 Å². The molecule has 4 heteroatoms. The molecular weight excluding hydrogens is 214 g/mol. The van der Waals surface area contributed by atoms with Crippen molar-refractivity contribution >= 4 is 5.91 Å². The van der Waals surface area contributed by atoms with Crippen LogP contribution in [0.2, 0.25) is 0 Å². The summed E-state index contributed by atoms with van der Waals surface area (Å²) in [6, 6.07) is -0.490. The lowest BCUT2D eigenvalue weighted by atomic mass is 9.75. The highest BCUT2D eigenvalue weighted by atomic mass is 16.1. The van der Waals surface area contributed by atoms with Crippen LogP contribution in [-0.2, 0) is 4.79 Å². The third kappa shape index (κ3) is 4.64. The maximum atomic E-state index is 10.8. The maximum absolute atomic E-state index is 10.8. The van der Waals surface area contributed by atoms with Crippen LogP contribution in [0.3, 0.4) is 0 Å². The zero-order valence-corrected chi connectivity index (χ0v) is 11.4. The van der Waals surface area contributed by atoms with E-state index >= 15 is 0 Å². The molecule has 0 saturated carbocycles. The summed E-state index contributed by atoms with van der Waals surface area (Å²) in [7, 11) is 0. The third-order valence-electron chi connectivity index (χ3n) is 3.93. The first-order valence-corrected chi connectivity index (χ1v) is 6.58. The van der Waals surface area contributed by atoms with E-state index in [1.165, 1.54) is 12.8 Å². The molecule has 0 aromatic rings. The van der Waals surface area contributed by atoms with Crippen molar-refractivity contribution < 1.29 is 4.79 Å². The van der Waals surface area contributed by atoms with Crippen LogP contribution in [0.15, 0.2) is 0 Å². The van der Waals surface area contributed by atoms with E-state index in [0.29, 0.717) is 11.8 Å². The molecule has 1 atom stereocenters. The lowest BCUT2D eigenvalue weighted by Gasteiger charge is -2.39. The number of carbonyl (C=O) groups excluding carboxylic acids is 1. The summed E-state index contributed by atoms with van der Waals surface area (Å²) in [4.78, 5) is 13.2. The van der Waals surface area contributed by atoms with E-state index in [9.17, 15) is 4.79 Å². The van der Waals surface area contributed by atoms with Crippen molar-refractivity contribution in [3.05, 3.63) is 0 Å². The number of piperidine rings is 1. The highest BCUT2D eigenvalue weighted by Crippen LogP contribution is 2.34. The fraction of sp³-hybridized carbons (Fsp3) is 0.923. The Hall–Kier alpha value is -0.610. The third-order valence-corrected chi connectivity index (χ3v) is 3.93. The van der Waals surface area contributed by atoms with Gasteiger partial charge in [-0.1, -0.05) is 20.8 Å². The highest BCUT2D eigenvalue weighted by molar-refractivity contribution is 5.79. The first-order chi connectivity index (χ1) is 7.80. The van der Waals surface area contributed by atoms with Gasteiger partial charge in [0.2, 0.25) is 5.91 Å². The molecule has 1 rings (SSSR count). The second kappa shape index (κ2) is 5.83. The Balaban J connectivity index is 2.26. The van der Waals surface area contributed by atoms with Crippen LogP contribution in [0.4, 0.5) is 0 Å². The minimum Gasteiger partial charge on any atom is -0.368 e. The van der Waals surface area contributed by atoms with Gasteiger partial charge in [0.05, 0.1) is 6.04 Å². The Morgan fingerprint density at radius 1 is 1.35 bits per heavy atom. The first-order valence-electron chi connectivity index (χ1n) is 6.58. The number of carbonyl (C=O) groups is 1. The predicted octanol–water partition coefficient (Wildman–Crippen LogP) is 0.947. The molecule has 4 nitrogen and oxygen atoms in total. The minimum absolute atomic E-state index is 0.394. The van der Waals surface area contributed by atoms with Gasteiger partial charge >= 0.3 is 0 Å². The molecule has 4 N–H and O–H groups in total. The quantitative estimate of drug-likeness (QED) is 0.769.